The lowest BCUT2D eigenvalue weighted by atomic mass is 9.92. The molecule has 17 aromatic rings. The Balaban J connectivity index is 0.000000105. The van der Waals surface area contributed by atoms with Crippen molar-refractivity contribution < 1.29 is 25.2 Å². The van der Waals surface area contributed by atoms with E-state index in [-0.39, 0.29) is 0 Å². The van der Waals surface area contributed by atoms with Gasteiger partial charge in [-0.3, -0.25) is 0 Å². The number of aryl methyl sites for hydroxylation is 2. The van der Waals surface area contributed by atoms with Gasteiger partial charge in [0.25, 0.3) is 0 Å². The molecule has 0 saturated carbocycles. The third-order valence-electron chi connectivity index (χ3n) is 15.4. The average molecular weight is 1090 g/mol. The van der Waals surface area contributed by atoms with Gasteiger partial charge < -0.3 is 25.2 Å². The van der Waals surface area contributed by atoms with Crippen molar-refractivity contribution in [1.82, 2.24) is 0 Å². The van der Waals surface area contributed by atoms with Gasteiger partial charge >= 0.3 is 8.16 Å². The Hall–Kier alpha value is -9.18. The van der Waals surface area contributed by atoms with Crippen LogP contribution in [0.4, 0.5) is 0 Å². The van der Waals surface area contributed by atoms with Crippen molar-refractivity contribution in [3.63, 3.8) is 0 Å². The van der Waals surface area contributed by atoms with E-state index in [2.05, 4.69) is 206 Å². The first-order valence-electron chi connectivity index (χ1n) is 26.5. The van der Waals surface area contributed by atoms with Crippen LogP contribution < -0.4 is 5.50 Å². The van der Waals surface area contributed by atoms with Crippen LogP contribution in [0.1, 0.15) is 0 Å². The van der Waals surface area contributed by atoms with Gasteiger partial charge in [-0.15, -0.1) is 0 Å². The highest BCUT2D eigenvalue weighted by Gasteiger charge is 2.19. The van der Waals surface area contributed by atoms with Crippen LogP contribution in [0.3, 0.4) is 0 Å². The smallest absolute Gasteiger partial charge is 0.303 e. The minimum Gasteiger partial charge on any atom is -0.419 e. The highest BCUT2D eigenvalue weighted by molar-refractivity contribution is 7.36. The fraction of sp³-hybridized carbons (Fsp3) is 0.0286. The molecule has 0 saturated heterocycles. The molecule has 0 aliphatic rings. The maximum Gasteiger partial charge on any atom is 0.303 e. The largest absolute Gasteiger partial charge is 0.419 e. The lowest BCUT2D eigenvalue weighted by molar-refractivity contribution is 0.644. The molecule has 3 aromatic heterocycles. The van der Waals surface area contributed by atoms with E-state index in [9.17, 15) is 0 Å². The van der Waals surface area contributed by atoms with Crippen molar-refractivity contribution in [3.05, 3.63) is 243 Å². The SMILES string of the molecule is Cp1oc2c3ccccc3c3ccccc3c2c2c3ccccc3c3ccccc3c2o1.Cp1oc2ccc3ccccc3c2c2c(ccc3ccccc32)o1.Np1oc2ccc3ccccc3c2c2c(ccc3ccccc32)o1. The van der Waals surface area contributed by atoms with Gasteiger partial charge in [0.05, 0.1) is 0 Å². The Bertz CT molecular complexity index is 4980. The van der Waals surface area contributed by atoms with Crippen LogP contribution in [-0.2, 0) is 13.3 Å². The molecule has 7 nitrogen and oxygen atoms in total. The summed E-state index contributed by atoms with van der Waals surface area (Å²) in [5.74, 6) is 0. The Morgan fingerprint density at radius 1 is 0.225 bits per heavy atom. The van der Waals surface area contributed by atoms with E-state index in [0.717, 1.165) is 87.4 Å². The molecule has 0 radical (unpaired) electrons. The minimum atomic E-state index is -1.50. The Morgan fingerprint density at radius 2 is 0.463 bits per heavy atom. The number of nitrogens with two attached hydrogens (primary N) is 1. The zero-order valence-electron chi connectivity index (χ0n) is 43.5. The van der Waals surface area contributed by atoms with Gasteiger partial charge in [0, 0.05) is 56.4 Å². The van der Waals surface area contributed by atoms with Gasteiger partial charge in [0.15, 0.2) is 0 Å². The van der Waals surface area contributed by atoms with Gasteiger partial charge in [-0.2, -0.15) is 0 Å². The summed E-state index contributed by atoms with van der Waals surface area (Å²) in [6.07, 6.45) is 0. The van der Waals surface area contributed by atoms with E-state index in [1.165, 1.54) is 64.6 Å². The molecule has 3 heterocycles. The van der Waals surface area contributed by atoms with Crippen molar-refractivity contribution in [2.45, 2.75) is 0 Å². The van der Waals surface area contributed by atoms with E-state index in [0.29, 0.717) is 0 Å². The molecule has 0 atom stereocenters. The first-order valence-corrected chi connectivity index (χ1v) is 31.0. The lowest BCUT2D eigenvalue weighted by Crippen LogP contribution is -1.85. The second kappa shape index (κ2) is 19.6. The molecule has 0 unspecified atom stereocenters. The molecule has 384 valence electrons. The molecule has 2 N–H and O–H groups in total. The van der Waals surface area contributed by atoms with Crippen LogP contribution in [0.5, 0.6) is 0 Å². The predicted octanol–water partition coefficient (Wildman–Crippen LogP) is 22.9. The summed E-state index contributed by atoms with van der Waals surface area (Å²) in [4.78, 5) is 0. The molecule has 10 heteroatoms. The van der Waals surface area contributed by atoms with Gasteiger partial charge in [-0.25, -0.2) is 5.50 Å². The van der Waals surface area contributed by atoms with E-state index < -0.39 is 24.2 Å². The molecular weight excluding hydrogens is 1040 g/mol. The monoisotopic (exact) mass is 1090 g/mol. The summed E-state index contributed by atoms with van der Waals surface area (Å²) in [5.41, 5.74) is 11.3. The van der Waals surface area contributed by atoms with Gasteiger partial charge in [0.2, 0.25) is 16.0 Å². The average Bonchev–Trinajstić information content (AvgIpc) is 3.91. The standard InChI is InChI=1S/C29H19O2P.C21H15O2P.C20H14NO2P/c1-32-30-28-24-16-8-4-12-20(24)18-10-2-6-14-22(18)26(28)27-23-15-7-3-11-19(23)21-13-5-9-17-25(21)29(27)31-32;1-24-22-18-12-10-14-6-2-4-8-16(14)20(18)21-17-9-5-3-7-15(17)11-13-19(21)23-24;21-24-22-17-11-9-13-5-1-3-7-15(13)19(17)20-16-8-4-2-6-14(16)10-12-18(20)23-24/h2-17H,1H3;2-13H,1H3;1-12H,21H2. The Morgan fingerprint density at radius 3 is 0.787 bits per heavy atom. The summed E-state index contributed by atoms with van der Waals surface area (Å²) >= 11 is 0. The topological polar surface area (TPSA) is 105 Å². The van der Waals surface area contributed by atoms with E-state index in [1.807, 2.05) is 49.7 Å². The minimum absolute atomic E-state index is 0.775. The molecule has 0 fully saturated rings. The third-order valence-corrected chi connectivity index (χ3v) is 17.9. The molecule has 0 aliphatic carbocycles. The van der Waals surface area contributed by atoms with E-state index >= 15 is 0 Å². The predicted molar refractivity (Wildman–Crippen MR) is 341 cm³/mol. The summed E-state index contributed by atoms with van der Waals surface area (Å²) in [6.45, 7) is 4.04. The summed E-state index contributed by atoms with van der Waals surface area (Å²) in [6, 6.07) is 84.3. The molecule has 0 bridgehead atoms. The first kappa shape index (κ1) is 48.0. The van der Waals surface area contributed by atoms with Crippen molar-refractivity contribution in [2.75, 3.05) is 5.50 Å². The maximum atomic E-state index is 6.60. The number of fused-ring (bicyclic) bond motifs is 27. The second-order valence-electron chi connectivity index (χ2n) is 19.9. The van der Waals surface area contributed by atoms with Gasteiger partial charge in [0.1, 0.15) is 33.5 Å². The first-order chi connectivity index (χ1) is 39.4. The number of hydrogen-bond donors (Lipinski definition) is 1. The number of benzene rings is 14. The summed E-state index contributed by atoms with van der Waals surface area (Å²) < 4.78 is 37.3. The van der Waals surface area contributed by atoms with Crippen molar-refractivity contribution >= 4 is 176 Å². The molecule has 17 rings (SSSR count). The fourth-order valence-corrected chi connectivity index (χ4v) is 14.6. The number of rotatable bonds is 0. The Kier molecular flexibility index (Phi) is 11.8. The van der Waals surface area contributed by atoms with Gasteiger partial charge in [-0.05, 0) is 99.7 Å². The lowest BCUT2D eigenvalue weighted by Gasteiger charge is -2.11. The van der Waals surface area contributed by atoms with Crippen LogP contribution in [0.2, 0.25) is 0 Å². The van der Waals surface area contributed by atoms with Crippen LogP contribution in [-0.4, -0.2) is 0 Å². The second-order valence-corrected chi connectivity index (χ2v) is 23.4. The fourth-order valence-electron chi connectivity index (χ4n) is 12.0. The van der Waals surface area contributed by atoms with Crippen LogP contribution in [0.15, 0.2) is 268 Å². The molecule has 0 amide bonds. The van der Waals surface area contributed by atoms with Crippen LogP contribution in [0.25, 0.3) is 152 Å². The van der Waals surface area contributed by atoms with E-state index in [1.54, 1.807) is 0 Å². The molecule has 0 aliphatic heterocycles. The summed E-state index contributed by atoms with van der Waals surface area (Å²) in [7, 11) is -3.65. The zero-order chi connectivity index (χ0) is 53.4. The molecule has 0 spiro atoms. The maximum absolute atomic E-state index is 6.60. The Labute approximate surface area is 460 Å². The molecule has 80 heavy (non-hydrogen) atoms. The van der Waals surface area contributed by atoms with Crippen molar-refractivity contribution in [3.8, 4) is 0 Å². The third kappa shape index (κ3) is 8.01. The van der Waals surface area contributed by atoms with Crippen molar-refractivity contribution in [1.29, 1.82) is 0 Å². The molecule has 14 aromatic carbocycles. The van der Waals surface area contributed by atoms with Crippen LogP contribution >= 0.6 is 24.2 Å². The zero-order valence-corrected chi connectivity index (χ0v) is 46.1. The number of hydrogen-bond acceptors (Lipinski definition) is 7. The molecular formula is C70H48NO6P3. The van der Waals surface area contributed by atoms with Crippen LogP contribution in [0, 0.1) is 0 Å². The highest BCUT2D eigenvalue weighted by atomic mass is 31.1. The van der Waals surface area contributed by atoms with E-state index in [4.69, 9.17) is 30.7 Å². The quantitative estimate of drug-likeness (QED) is 0.151. The van der Waals surface area contributed by atoms with Gasteiger partial charge in [-0.1, -0.05) is 218 Å². The highest BCUT2D eigenvalue weighted by Crippen LogP contribution is 2.47. The summed E-state index contributed by atoms with van der Waals surface area (Å²) in [5, 5.41) is 25.6. The number of nitrogen functional groups attached to an aromatic ring is 1. The van der Waals surface area contributed by atoms with Crippen molar-refractivity contribution in [2.24, 2.45) is 13.3 Å². The normalized spacial score (nSPS) is 11.7.